The summed E-state index contributed by atoms with van der Waals surface area (Å²) in [4.78, 5) is 0. The van der Waals surface area contributed by atoms with Crippen LogP contribution < -0.4 is 0 Å². The Bertz CT molecular complexity index is 265. The summed E-state index contributed by atoms with van der Waals surface area (Å²) < 4.78 is 0. The van der Waals surface area contributed by atoms with Crippen molar-refractivity contribution in [1.29, 1.82) is 0 Å². The largest absolute Gasteiger partial charge is 0.0999 e. The maximum absolute atomic E-state index is 4.20. The second-order valence-electron chi connectivity index (χ2n) is 6.07. The molecule has 0 nitrogen and oxygen atoms in total. The van der Waals surface area contributed by atoms with Crippen LogP contribution in [0.3, 0.4) is 0 Å². The first kappa shape index (κ1) is 9.00. The van der Waals surface area contributed by atoms with Crippen LogP contribution in [0.1, 0.15) is 39.5 Å². The van der Waals surface area contributed by atoms with Crippen LogP contribution in [0.25, 0.3) is 0 Å². The summed E-state index contributed by atoms with van der Waals surface area (Å²) in [5, 5.41) is 0. The summed E-state index contributed by atoms with van der Waals surface area (Å²) in [5.74, 6) is 6.27. The summed E-state index contributed by atoms with van der Waals surface area (Å²) in [6.07, 6.45) is 6.00. The molecular formula is C14H22. The van der Waals surface area contributed by atoms with E-state index in [4.69, 9.17) is 0 Å². The van der Waals surface area contributed by atoms with Crippen LogP contribution >= 0.6 is 0 Å². The zero-order valence-electron chi connectivity index (χ0n) is 9.50. The molecule has 3 aliphatic rings. The SMILES string of the molecule is C=C(C)C1CC[C@@H]2[C@H]3CCC(C)[C@H]3[C@H]12. The highest BCUT2D eigenvalue weighted by molar-refractivity contribution is 5.14. The van der Waals surface area contributed by atoms with Gasteiger partial charge in [0.25, 0.3) is 0 Å². The smallest absolute Gasteiger partial charge is 0.0175 e. The van der Waals surface area contributed by atoms with Gasteiger partial charge in [0.15, 0.2) is 0 Å². The number of hydrogen-bond acceptors (Lipinski definition) is 0. The Morgan fingerprint density at radius 3 is 2.36 bits per heavy atom. The van der Waals surface area contributed by atoms with Gasteiger partial charge in [0.1, 0.15) is 0 Å². The first-order chi connectivity index (χ1) is 6.70. The molecule has 0 radical (unpaired) electrons. The van der Waals surface area contributed by atoms with E-state index >= 15 is 0 Å². The Balaban J connectivity index is 1.83. The van der Waals surface area contributed by atoms with Crippen LogP contribution in [0.15, 0.2) is 12.2 Å². The summed E-state index contributed by atoms with van der Waals surface area (Å²) in [7, 11) is 0. The van der Waals surface area contributed by atoms with Gasteiger partial charge in [-0.25, -0.2) is 0 Å². The summed E-state index contributed by atoms with van der Waals surface area (Å²) in [5.41, 5.74) is 1.47. The van der Waals surface area contributed by atoms with E-state index < -0.39 is 0 Å². The molecule has 0 heterocycles. The Kier molecular flexibility index (Phi) is 1.84. The highest BCUT2D eigenvalue weighted by atomic mass is 14.6. The van der Waals surface area contributed by atoms with Gasteiger partial charge in [0.2, 0.25) is 0 Å². The molecule has 14 heavy (non-hydrogen) atoms. The predicted octanol–water partition coefficient (Wildman–Crippen LogP) is 3.88. The van der Waals surface area contributed by atoms with E-state index in [9.17, 15) is 0 Å². The lowest BCUT2D eigenvalue weighted by Gasteiger charge is -2.49. The highest BCUT2D eigenvalue weighted by Crippen LogP contribution is 2.66. The van der Waals surface area contributed by atoms with E-state index in [1.165, 1.54) is 31.3 Å². The Morgan fingerprint density at radius 1 is 1.00 bits per heavy atom. The lowest BCUT2D eigenvalue weighted by molar-refractivity contribution is -0.00964. The van der Waals surface area contributed by atoms with Crippen LogP contribution in [0.4, 0.5) is 0 Å². The van der Waals surface area contributed by atoms with E-state index in [-0.39, 0.29) is 0 Å². The van der Waals surface area contributed by atoms with Crippen molar-refractivity contribution in [3.63, 3.8) is 0 Å². The topological polar surface area (TPSA) is 0 Å². The van der Waals surface area contributed by atoms with Crippen molar-refractivity contribution < 1.29 is 0 Å². The van der Waals surface area contributed by atoms with Crippen LogP contribution in [0.5, 0.6) is 0 Å². The van der Waals surface area contributed by atoms with Crippen molar-refractivity contribution in [1.82, 2.24) is 0 Å². The zero-order chi connectivity index (χ0) is 9.87. The molecule has 3 rings (SSSR count). The standard InChI is InChI=1S/C14H22/c1-8(2)10-6-7-12-11-5-4-9(3)13(11)14(10)12/h9-14H,1,4-7H2,2-3H3/t9?,10?,11-,12-,13-,14-/m1/s1. The molecule has 0 heteroatoms. The Hall–Kier alpha value is -0.260. The summed E-state index contributed by atoms with van der Waals surface area (Å²) in [6.45, 7) is 8.93. The molecule has 0 aromatic heterocycles. The maximum atomic E-state index is 4.20. The molecule has 0 saturated heterocycles. The Labute approximate surface area is 87.8 Å². The minimum Gasteiger partial charge on any atom is -0.0999 e. The van der Waals surface area contributed by atoms with Gasteiger partial charge >= 0.3 is 0 Å². The van der Waals surface area contributed by atoms with Crippen LogP contribution in [0, 0.1) is 35.5 Å². The van der Waals surface area contributed by atoms with Gasteiger partial charge in [-0.2, -0.15) is 0 Å². The molecule has 3 aliphatic carbocycles. The van der Waals surface area contributed by atoms with Crippen molar-refractivity contribution >= 4 is 0 Å². The molecule has 0 aromatic rings. The number of rotatable bonds is 1. The minimum absolute atomic E-state index is 0.891. The molecule has 0 amide bonds. The van der Waals surface area contributed by atoms with Crippen molar-refractivity contribution in [3.8, 4) is 0 Å². The third-order valence-corrected chi connectivity index (χ3v) is 5.50. The quantitative estimate of drug-likeness (QED) is 0.550. The van der Waals surface area contributed by atoms with Crippen LogP contribution in [-0.4, -0.2) is 0 Å². The number of fused-ring (bicyclic) bond motifs is 4. The average molecular weight is 190 g/mol. The van der Waals surface area contributed by atoms with Crippen molar-refractivity contribution in [2.45, 2.75) is 39.5 Å². The van der Waals surface area contributed by atoms with E-state index in [0.717, 1.165) is 35.5 Å². The first-order valence-corrected chi connectivity index (χ1v) is 6.35. The second-order valence-corrected chi connectivity index (χ2v) is 6.07. The van der Waals surface area contributed by atoms with Crippen molar-refractivity contribution in [3.05, 3.63) is 12.2 Å². The van der Waals surface area contributed by atoms with Crippen molar-refractivity contribution in [2.75, 3.05) is 0 Å². The van der Waals surface area contributed by atoms with Gasteiger partial charge < -0.3 is 0 Å². The average Bonchev–Trinajstić information content (AvgIpc) is 2.57. The molecule has 0 N–H and O–H groups in total. The molecule has 78 valence electrons. The third-order valence-electron chi connectivity index (χ3n) is 5.50. The molecular weight excluding hydrogens is 168 g/mol. The van der Waals surface area contributed by atoms with Gasteiger partial charge in [-0.3, -0.25) is 0 Å². The number of hydrogen-bond donors (Lipinski definition) is 0. The van der Waals surface area contributed by atoms with Crippen LogP contribution in [-0.2, 0) is 0 Å². The number of allylic oxidation sites excluding steroid dienone is 1. The molecule has 0 aliphatic heterocycles. The Morgan fingerprint density at radius 2 is 1.64 bits per heavy atom. The minimum atomic E-state index is 0.891. The second kappa shape index (κ2) is 2.87. The fraction of sp³-hybridized carbons (Fsp3) is 0.857. The van der Waals surface area contributed by atoms with Gasteiger partial charge in [0.05, 0.1) is 0 Å². The van der Waals surface area contributed by atoms with Crippen molar-refractivity contribution in [2.24, 2.45) is 35.5 Å². The highest BCUT2D eigenvalue weighted by Gasteiger charge is 2.59. The summed E-state index contributed by atoms with van der Waals surface area (Å²) in [6, 6.07) is 0. The van der Waals surface area contributed by atoms with E-state index in [1.807, 2.05) is 0 Å². The fourth-order valence-electron chi connectivity index (χ4n) is 4.96. The van der Waals surface area contributed by atoms with E-state index in [2.05, 4.69) is 20.4 Å². The fourth-order valence-corrected chi connectivity index (χ4v) is 4.96. The monoisotopic (exact) mass is 190 g/mol. The molecule has 0 aromatic carbocycles. The zero-order valence-corrected chi connectivity index (χ0v) is 9.50. The molecule has 3 saturated carbocycles. The molecule has 0 spiro atoms. The van der Waals surface area contributed by atoms with Gasteiger partial charge in [-0.15, -0.1) is 0 Å². The van der Waals surface area contributed by atoms with Gasteiger partial charge in [-0.1, -0.05) is 25.5 Å². The van der Waals surface area contributed by atoms with Gasteiger partial charge in [-0.05, 0) is 61.7 Å². The normalized spacial score (nSPS) is 55.0. The molecule has 3 fully saturated rings. The lowest BCUT2D eigenvalue weighted by atomic mass is 9.55. The molecule has 2 unspecified atom stereocenters. The molecule has 6 atom stereocenters. The van der Waals surface area contributed by atoms with E-state index in [0.29, 0.717) is 0 Å². The lowest BCUT2D eigenvalue weighted by Crippen LogP contribution is -2.45. The maximum Gasteiger partial charge on any atom is -0.0175 e. The van der Waals surface area contributed by atoms with E-state index in [1.54, 1.807) is 0 Å². The van der Waals surface area contributed by atoms with Gasteiger partial charge in [0, 0.05) is 0 Å². The van der Waals surface area contributed by atoms with Crippen LogP contribution in [0.2, 0.25) is 0 Å². The predicted molar refractivity (Wildman–Crippen MR) is 59.9 cm³/mol. The first-order valence-electron chi connectivity index (χ1n) is 6.35. The summed E-state index contributed by atoms with van der Waals surface area (Å²) >= 11 is 0. The molecule has 0 bridgehead atoms. The third kappa shape index (κ3) is 0.951.